The molecule has 0 saturated carbocycles. The molecule has 1 aliphatic heterocycles. The average molecular weight is 437 g/mol. The van der Waals surface area contributed by atoms with Crippen LogP contribution in [0.4, 0.5) is 0 Å². The predicted molar refractivity (Wildman–Crippen MR) is 139 cm³/mol. The highest BCUT2D eigenvalue weighted by Gasteiger charge is 2.33. The van der Waals surface area contributed by atoms with E-state index in [1.54, 1.807) is 0 Å². The van der Waals surface area contributed by atoms with Crippen LogP contribution < -0.4 is 9.47 Å². The molecule has 1 aromatic rings. The lowest BCUT2D eigenvalue weighted by molar-refractivity contribution is 0.0559. The number of fused-ring (bicyclic) bond motifs is 1. The topological polar surface area (TPSA) is 18.5 Å². The molecule has 0 aromatic heterocycles. The summed E-state index contributed by atoms with van der Waals surface area (Å²) in [4.78, 5) is 0. The van der Waals surface area contributed by atoms with Crippen LogP contribution in [0.15, 0.2) is 53.9 Å². The minimum absolute atomic E-state index is 0.108. The van der Waals surface area contributed by atoms with Crippen molar-refractivity contribution >= 4 is 0 Å². The summed E-state index contributed by atoms with van der Waals surface area (Å²) in [5.74, 6) is 1.95. The van der Waals surface area contributed by atoms with E-state index in [0.29, 0.717) is 0 Å². The molecule has 0 N–H and O–H groups in total. The van der Waals surface area contributed by atoms with E-state index in [1.165, 1.54) is 40.5 Å². The van der Waals surface area contributed by atoms with E-state index in [1.807, 2.05) is 0 Å². The molecular formula is C30H44O2. The Labute approximate surface area is 197 Å². The largest absolute Gasteiger partial charge is 0.487 e. The number of hydrogen-bond donors (Lipinski definition) is 0. The highest BCUT2D eigenvalue weighted by atomic mass is 16.5. The standard InChI is InChI=1S/C30H44O2/c1-9-31-28-21-25(6)29-27(26(28)7)18-20-30(8,32-29)19-12-17-24(5)16-11-15-23(4)14-10-13-22(2)3/h9,13,15,17,21H,1,10-12,14,16,18-20H2,2-8H3/b23-15+,24-17+/t30-/m1/s1. The first-order chi connectivity index (χ1) is 15.1. The molecule has 0 fully saturated rings. The van der Waals surface area contributed by atoms with Crippen LogP contribution in [-0.4, -0.2) is 5.60 Å². The Morgan fingerprint density at radius 1 is 1.03 bits per heavy atom. The second-order valence-electron chi connectivity index (χ2n) is 9.96. The zero-order chi connectivity index (χ0) is 23.7. The third kappa shape index (κ3) is 7.73. The summed E-state index contributed by atoms with van der Waals surface area (Å²) in [6, 6.07) is 2.07. The molecule has 0 spiro atoms. The van der Waals surface area contributed by atoms with E-state index < -0.39 is 0 Å². The molecule has 1 aliphatic rings. The van der Waals surface area contributed by atoms with Crippen LogP contribution in [-0.2, 0) is 6.42 Å². The van der Waals surface area contributed by atoms with Gasteiger partial charge < -0.3 is 9.47 Å². The van der Waals surface area contributed by atoms with Crippen molar-refractivity contribution < 1.29 is 9.47 Å². The highest BCUT2D eigenvalue weighted by Crippen LogP contribution is 2.42. The third-order valence-electron chi connectivity index (χ3n) is 6.55. The minimum Gasteiger partial charge on any atom is -0.487 e. The van der Waals surface area contributed by atoms with E-state index in [4.69, 9.17) is 9.47 Å². The van der Waals surface area contributed by atoms with Crippen molar-refractivity contribution in [1.29, 1.82) is 0 Å². The van der Waals surface area contributed by atoms with Gasteiger partial charge >= 0.3 is 0 Å². The summed E-state index contributed by atoms with van der Waals surface area (Å²) in [6.07, 6.45) is 17.4. The van der Waals surface area contributed by atoms with Crippen LogP contribution in [0.25, 0.3) is 0 Å². The van der Waals surface area contributed by atoms with Gasteiger partial charge in [0.2, 0.25) is 0 Å². The summed E-state index contributed by atoms with van der Waals surface area (Å²) in [5, 5.41) is 0. The van der Waals surface area contributed by atoms with E-state index in [0.717, 1.165) is 62.0 Å². The van der Waals surface area contributed by atoms with Gasteiger partial charge in [-0.05, 0) is 117 Å². The first-order valence-electron chi connectivity index (χ1n) is 12.2. The van der Waals surface area contributed by atoms with Gasteiger partial charge in [0.25, 0.3) is 0 Å². The fourth-order valence-electron chi connectivity index (χ4n) is 4.41. The second kappa shape index (κ2) is 12.1. The van der Waals surface area contributed by atoms with E-state index >= 15 is 0 Å². The number of rotatable bonds is 11. The van der Waals surface area contributed by atoms with E-state index in [9.17, 15) is 0 Å². The number of allylic oxidation sites excluding steroid dienone is 6. The van der Waals surface area contributed by atoms with Crippen molar-refractivity contribution in [3.8, 4) is 11.5 Å². The lowest BCUT2D eigenvalue weighted by atomic mass is 9.86. The maximum Gasteiger partial charge on any atom is 0.130 e. The Bertz CT molecular complexity index is 881. The predicted octanol–water partition coefficient (Wildman–Crippen LogP) is 9.11. The molecule has 0 saturated heterocycles. The highest BCUT2D eigenvalue weighted by molar-refractivity contribution is 5.54. The van der Waals surface area contributed by atoms with Gasteiger partial charge in [0, 0.05) is 5.56 Å². The Morgan fingerprint density at radius 3 is 2.28 bits per heavy atom. The molecule has 176 valence electrons. The molecule has 1 atom stereocenters. The summed E-state index contributed by atoms with van der Waals surface area (Å²) in [6.45, 7) is 19.0. The van der Waals surface area contributed by atoms with Gasteiger partial charge in [-0.25, -0.2) is 0 Å². The van der Waals surface area contributed by atoms with Crippen molar-refractivity contribution in [2.45, 2.75) is 105 Å². The number of benzene rings is 1. The molecule has 0 radical (unpaired) electrons. The minimum atomic E-state index is -0.108. The first kappa shape index (κ1) is 26.0. The molecule has 0 amide bonds. The molecule has 0 unspecified atom stereocenters. The maximum absolute atomic E-state index is 6.59. The summed E-state index contributed by atoms with van der Waals surface area (Å²) in [7, 11) is 0. The Morgan fingerprint density at radius 2 is 1.66 bits per heavy atom. The lowest BCUT2D eigenvalue weighted by Crippen LogP contribution is -2.36. The molecule has 2 heteroatoms. The Balaban J connectivity index is 1.88. The Kier molecular flexibility index (Phi) is 9.87. The molecule has 1 aromatic carbocycles. The summed E-state index contributed by atoms with van der Waals surface area (Å²) in [5.41, 5.74) is 7.90. The second-order valence-corrected chi connectivity index (χ2v) is 9.96. The quantitative estimate of drug-likeness (QED) is 0.254. The van der Waals surface area contributed by atoms with Gasteiger partial charge in [-0.3, -0.25) is 0 Å². The van der Waals surface area contributed by atoms with Gasteiger partial charge in [0.05, 0.1) is 6.26 Å². The molecule has 2 nitrogen and oxygen atoms in total. The average Bonchev–Trinajstić information content (AvgIpc) is 2.71. The molecule has 1 heterocycles. The summed E-state index contributed by atoms with van der Waals surface area (Å²) < 4.78 is 12.2. The van der Waals surface area contributed by atoms with Crippen molar-refractivity contribution in [2.24, 2.45) is 0 Å². The smallest absolute Gasteiger partial charge is 0.130 e. The zero-order valence-electron chi connectivity index (χ0n) is 21.6. The van der Waals surface area contributed by atoms with Crippen molar-refractivity contribution in [2.75, 3.05) is 0 Å². The van der Waals surface area contributed by atoms with Gasteiger partial charge in [0.15, 0.2) is 0 Å². The summed E-state index contributed by atoms with van der Waals surface area (Å²) >= 11 is 0. The third-order valence-corrected chi connectivity index (χ3v) is 6.55. The molecule has 0 bridgehead atoms. The first-order valence-corrected chi connectivity index (χ1v) is 12.2. The number of ether oxygens (including phenoxy) is 2. The maximum atomic E-state index is 6.59. The van der Waals surface area contributed by atoms with Crippen molar-refractivity contribution in [1.82, 2.24) is 0 Å². The number of hydrogen-bond acceptors (Lipinski definition) is 2. The van der Waals surface area contributed by atoms with Crippen LogP contribution in [0.2, 0.25) is 0 Å². The van der Waals surface area contributed by atoms with Gasteiger partial charge in [0.1, 0.15) is 17.1 Å². The van der Waals surface area contributed by atoms with Crippen LogP contribution in [0.5, 0.6) is 11.5 Å². The fourth-order valence-corrected chi connectivity index (χ4v) is 4.41. The normalized spacial score (nSPS) is 18.6. The van der Waals surface area contributed by atoms with Crippen molar-refractivity contribution in [3.05, 3.63) is 70.5 Å². The Hall–Kier alpha value is -2.22. The van der Waals surface area contributed by atoms with Crippen LogP contribution >= 0.6 is 0 Å². The molecule has 0 aliphatic carbocycles. The van der Waals surface area contributed by atoms with Crippen LogP contribution in [0.1, 0.15) is 96.3 Å². The number of aryl methyl sites for hydroxylation is 1. The van der Waals surface area contributed by atoms with Crippen LogP contribution in [0.3, 0.4) is 0 Å². The van der Waals surface area contributed by atoms with Gasteiger partial charge in [-0.1, -0.05) is 41.5 Å². The molecular weight excluding hydrogens is 392 g/mol. The van der Waals surface area contributed by atoms with Crippen LogP contribution in [0, 0.1) is 13.8 Å². The molecule has 32 heavy (non-hydrogen) atoms. The SMILES string of the molecule is C=COc1cc(C)c2c(c1C)CC[C@@](C)(CC/C=C(\C)CC/C=C(\C)CCC=C(C)C)O2. The van der Waals surface area contributed by atoms with E-state index in [-0.39, 0.29) is 5.60 Å². The van der Waals surface area contributed by atoms with Gasteiger partial charge in [-0.15, -0.1) is 0 Å². The zero-order valence-corrected chi connectivity index (χ0v) is 21.6. The lowest BCUT2D eigenvalue weighted by Gasteiger charge is -2.37. The van der Waals surface area contributed by atoms with Gasteiger partial charge in [-0.2, -0.15) is 0 Å². The van der Waals surface area contributed by atoms with Crippen molar-refractivity contribution in [3.63, 3.8) is 0 Å². The van der Waals surface area contributed by atoms with E-state index in [2.05, 4.69) is 79.3 Å². The molecule has 2 rings (SSSR count). The fraction of sp³-hybridized carbons (Fsp3) is 0.533. The monoisotopic (exact) mass is 436 g/mol.